The first-order valence-electron chi connectivity index (χ1n) is 8.21. The molecule has 1 aromatic carbocycles. The Labute approximate surface area is 149 Å². The number of amides is 1. The van der Waals surface area contributed by atoms with E-state index < -0.39 is 6.10 Å². The molecule has 1 amide bonds. The average Bonchev–Trinajstić information content (AvgIpc) is 3.04. The molecule has 0 saturated heterocycles. The third-order valence-corrected chi connectivity index (χ3v) is 4.31. The summed E-state index contributed by atoms with van der Waals surface area (Å²) in [6.07, 6.45) is 2.67. The van der Waals surface area contributed by atoms with Crippen molar-refractivity contribution in [3.63, 3.8) is 0 Å². The summed E-state index contributed by atoms with van der Waals surface area (Å²) in [5.74, 6) is 0.250. The highest BCUT2D eigenvalue weighted by Gasteiger charge is 2.21. The van der Waals surface area contributed by atoms with Crippen LogP contribution in [0.15, 0.2) is 36.7 Å². The molecule has 1 aliphatic heterocycles. The van der Waals surface area contributed by atoms with Crippen LogP contribution in [0.4, 0.5) is 4.39 Å². The summed E-state index contributed by atoms with van der Waals surface area (Å²) in [6.45, 7) is 2.42. The molecule has 1 atom stereocenters. The number of carbonyl (C=O) groups excluding carboxylic acids is 1. The number of benzene rings is 1. The second-order valence-corrected chi connectivity index (χ2v) is 6.11. The molecule has 3 heterocycles. The van der Waals surface area contributed by atoms with Crippen LogP contribution in [0.5, 0.6) is 11.6 Å². The molecule has 7 nitrogen and oxygen atoms in total. The van der Waals surface area contributed by atoms with E-state index in [-0.39, 0.29) is 18.3 Å². The third-order valence-electron chi connectivity index (χ3n) is 4.31. The number of aromatic nitrogens is 3. The van der Waals surface area contributed by atoms with Crippen molar-refractivity contribution in [2.75, 3.05) is 20.2 Å². The summed E-state index contributed by atoms with van der Waals surface area (Å²) in [5, 5.41) is 4.15. The molecule has 1 aliphatic rings. The first-order valence-corrected chi connectivity index (χ1v) is 8.21. The molecule has 2 bridgehead atoms. The van der Waals surface area contributed by atoms with Gasteiger partial charge in [0.1, 0.15) is 29.8 Å². The maximum absolute atomic E-state index is 13.7. The number of ether oxygens (including phenoxy) is 2. The van der Waals surface area contributed by atoms with Gasteiger partial charge in [-0.3, -0.25) is 4.79 Å². The summed E-state index contributed by atoms with van der Waals surface area (Å²) < 4.78 is 26.9. The van der Waals surface area contributed by atoms with Crippen LogP contribution in [0.2, 0.25) is 0 Å². The average molecular weight is 356 g/mol. The predicted molar refractivity (Wildman–Crippen MR) is 90.9 cm³/mol. The van der Waals surface area contributed by atoms with Crippen LogP contribution >= 0.6 is 0 Å². The molecule has 26 heavy (non-hydrogen) atoms. The standard InChI is InChI=1S/C18H17FN4O3/c1-11-13-9-12(19)3-4-15(13)25-8-7-22(2)18(24)14-10-20-23-6-5-16(26-11)21-17(14)23/h3-6,9-11H,7-8H2,1-2H3/t11-/m1/s1. The summed E-state index contributed by atoms with van der Waals surface area (Å²) >= 11 is 0. The van der Waals surface area contributed by atoms with Crippen molar-refractivity contribution >= 4 is 11.6 Å². The highest BCUT2D eigenvalue weighted by Crippen LogP contribution is 2.30. The Kier molecular flexibility index (Phi) is 3.95. The Balaban J connectivity index is 1.82. The van der Waals surface area contributed by atoms with Crippen LogP contribution in [0.25, 0.3) is 5.65 Å². The minimum absolute atomic E-state index is 0.208. The molecule has 0 unspecified atom stereocenters. The number of likely N-dealkylation sites (N-methyl/N-ethyl adjacent to an activating group) is 1. The van der Waals surface area contributed by atoms with Crippen molar-refractivity contribution in [2.24, 2.45) is 0 Å². The van der Waals surface area contributed by atoms with E-state index >= 15 is 0 Å². The molecule has 0 fully saturated rings. The lowest BCUT2D eigenvalue weighted by molar-refractivity contribution is 0.0775. The Morgan fingerprint density at radius 2 is 2.15 bits per heavy atom. The number of rotatable bonds is 0. The van der Waals surface area contributed by atoms with Gasteiger partial charge in [-0.2, -0.15) is 10.1 Å². The van der Waals surface area contributed by atoms with Crippen LogP contribution in [-0.4, -0.2) is 45.6 Å². The zero-order valence-electron chi connectivity index (χ0n) is 14.3. The van der Waals surface area contributed by atoms with Gasteiger partial charge in [0, 0.05) is 24.9 Å². The van der Waals surface area contributed by atoms with Gasteiger partial charge in [0.25, 0.3) is 5.91 Å². The molecule has 0 spiro atoms. The second-order valence-electron chi connectivity index (χ2n) is 6.11. The number of hydrogen-bond donors (Lipinski definition) is 0. The summed E-state index contributed by atoms with van der Waals surface area (Å²) in [5.41, 5.74) is 1.37. The zero-order valence-corrected chi connectivity index (χ0v) is 14.3. The van der Waals surface area contributed by atoms with Gasteiger partial charge in [0.2, 0.25) is 5.88 Å². The van der Waals surface area contributed by atoms with Crippen molar-refractivity contribution in [3.8, 4) is 11.6 Å². The van der Waals surface area contributed by atoms with E-state index in [1.54, 1.807) is 32.3 Å². The maximum Gasteiger partial charge on any atom is 0.259 e. The van der Waals surface area contributed by atoms with Crippen LogP contribution in [0.3, 0.4) is 0 Å². The lowest BCUT2D eigenvalue weighted by atomic mass is 10.1. The number of nitrogens with zero attached hydrogens (tertiary/aromatic N) is 4. The normalized spacial score (nSPS) is 17.7. The zero-order chi connectivity index (χ0) is 18.3. The first kappa shape index (κ1) is 16.3. The van der Waals surface area contributed by atoms with Crippen LogP contribution in [0, 0.1) is 5.82 Å². The van der Waals surface area contributed by atoms with Crippen molar-refractivity contribution in [3.05, 3.63) is 53.6 Å². The first-order chi connectivity index (χ1) is 12.5. The molecular formula is C18H17FN4O3. The molecule has 0 N–H and O–H groups in total. The molecule has 0 saturated carbocycles. The van der Waals surface area contributed by atoms with Gasteiger partial charge in [-0.25, -0.2) is 8.91 Å². The van der Waals surface area contributed by atoms with Gasteiger partial charge < -0.3 is 14.4 Å². The number of carbonyl (C=O) groups is 1. The van der Waals surface area contributed by atoms with Crippen molar-refractivity contribution in [2.45, 2.75) is 13.0 Å². The van der Waals surface area contributed by atoms with Gasteiger partial charge >= 0.3 is 0 Å². The van der Waals surface area contributed by atoms with Gasteiger partial charge in [-0.15, -0.1) is 0 Å². The van der Waals surface area contributed by atoms with E-state index in [1.165, 1.54) is 27.7 Å². The minimum Gasteiger partial charge on any atom is -0.491 e. The molecule has 4 rings (SSSR count). The van der Waals surface area contributed by atoms with E-state index in [4.69, 9.17) is 9.47 Å². The number of halogens is 1. The largest absolute Gasteiger partial charge is 0.491 e. The smallest absolute Gasteiger partial charge is 0.259 e. The van der Waals surface area contributed by atoms with Crippen molar-refractivity contribution in [1.29, 1.82) is 0 Å². The predicted octanol–water partition coefficient (Wildman–Crippen LogP) is 2.47. The minimum atomic E-state index is -0.490. The molecule has 3 aromatic rings. The van der Waals surface area contributed by atoms with E-state index in [0.717, 1.165) is 0 Å². The van der Waals surface area contributed by atoms with Crippen LogP contribution < -0.4 is 9.47 Å². The van der Waals surface area contributed by atoms with E-state index in [2.05, 4.69) is 10.1 Å². The Morgan fingerprint density at radius 3 is 3.00 bits per heavy atom. The SMILES string of the molecule is C[C@H]1Oc2ccn3ncc(c3n2)C(=O)N(C)CCOc2ccc(F)cc21. The molecule has 134 valence electrons. The lowest BCUT2D eigenvalue weighted by Crippen LogP contribution is -2.31. The third kappa shape index (κ3) is 2.83. The lowest BCUT2D eigenvalue weighted by Gasteiger charge is -2.19. The van der Waals surface area contributed by atoms with Crippen LogP contribution in [0.1, 0.15) is 28.9 Å². The van der Waals surface area contributed by atoms with E-state index in [0.29, 0.717) is 34.9 Å². The van der Waals surface area contributed by atoms with Gasteiger partial charge in [0.15, 0.2) is 5.65 Å². The fraction of sp³-hybridized carbons (Fsp3) is 0.278. The molecular weight excluding hydrogens is 339 g/mol. The van der Waals surface area contributed by atoms with Crippen molar-refractivity contribution in [1.82, 2.24) is 19.5 Å². The number of hydrogen-bond acceptors (Lipinski definition) is 5. The van der Waals surface area contributed by atoms with Gasteiger partial charge in [-0.05, 0) is 25.1 Å². The molecule has 0 aliphatic carbocycles. The summed E-state index contributed by atoms with van der Waals surface area (Å²) in [4.78, 5) is 18.6. The van der Waals surface area contributed by atoms with Gasteiger partial charge in [-0.1, -0.05) is 0 Å². The topological polar surface area (TPSA) is 69.0 Å². The Morgan fingerprint density at radius 1 is 1.31 bits per heavy atom. The fourth-order valence-corrected chi connectivity index (χ4v) is 2.88. The van der Waals surface area contributed by atoms with E-state index in [9.17, 15) is 9.18 Å². The monoisotopic (exact) mass is 356 g/mol. The number of fused-ring (bicyclic) bond motifs is 2. The highest BCUT2D eigenvalue weighted by atomic mass is 19.1. The molecule has 2 aromatic heterocycles. The van der Waals surface area contributed by atoms with E-state index in [1.807, 2.05) is 0 Å². The van der Waals surface area contributed by atoms with Crippen molar-refractivity contribution < 1.29 is 18.7 Å². The Hall–Kier alpha value is -3.16. The molecule has 0 radical (unpaired) electrons. The second kappa shape index (κ2) is 6.29. The summed E-state index contributed by atoms with van der Waals surface area (Å²) in [6, 6.07) is 5.93. The summed E-state index contributed by atoms with van der Waals surface area (Å²) in [7, 11) is 1.68. The molecule has 8 heteroatoms. The quantitative estimate of drug-likeness (QED) is 0.619. The van der Waals surface area contributed by atoms with Crippen LogP contribution in [-0.2, 0) is 0 Å². The van der Waals surface area contributed by atoms with Gasteiger partial charge in [0.05, 0.1) is 12.7 Å². The maximum atomic E-state index is 13.7. The Bertz CT molecular complexity index is 988. The highest BCUT2D eigenvalue weighted by molar-refractivity contribution is 5.99. The fourth-order valence-electron chi connectivity index (χ4n) is 2.88.